The van der Waals surface area contributed by atoms with Crippen LogP contribution in [0.4, 0.5) is 0 Å². The van der Waals surface area contributed by atoms with Crippen LogP contribution in [-0.4, -0.2) is 32.3 Å². The Kier molecular flexibility index (Phi) is 9.03. The molecule has 2 heterocycles. The van der Waals surface area contributed by atoms with E-state index in [1.165, 1.54) is 0 Å². The van der Waals surface area contributed by atoms with E-state index in [1.807, 2.05) is 30.3 Å². The summed E-state index contributed by atoms with van der Waals surface area (Å²) in [7, 11) is 0. The summed E-state index contributed by atoms with van der Waals surface area (Å²) in [6.45, 7) is 6.95. The number of nitrogens with zero attached hydrogens (tertiary/aromatic N) is 1. The number of fused-ring (bicyclic) bond motifs is 1. The number of ether oxygens (including phenoxy) is 2. The Bertz CT molecular complexity index is 732. The predicted molar refractivity (Wildman–Crippen MR) is 117 cm³/mol. The maximum Gasteiger partial charge on any atom is 0.191 e. The Labute approximate surface area is 177 Å². The van der Waals surface area contributed by atoms with E-state index in [0.29, 0.717) is 26.3 Å². The number of guanidine groups is 1. The maximum atomic E-state index is 5.86. The van der Waals surface area contributed by atoms with Crippen molar-refractivity contribution in [3.63, 3.8) is 0 Å². The lowest BCUT2D eigenvalue weighted by Gasteiger charge is -2.13. The molecule has 0 amide bonds. The van der Waals surface area contributed by atoms with Gasteiger partial charge in [0.1, 0.15) is 5.76 Å². The molecule has 0 bridgehead atoms. The van der Waals surface area contributed by atoms with E-state index in [-0.39, 0.29) is 24.0 Å². The van der Waals surface area contributed by atoms with Crippen molar-refractivity contribution in [1.82, 2.24) is 10.6 Å². The zero-order chi connectivity index (χ0) is 18.0. The van der Waals surface area contributed by atoms with Crippen molar-refractivity contribution in [3.05, 3.63) is 60.6 Å². The Morgan fingerprint density at radius 1 is 1.15 bits per heavy atom. The van der Waals surface area contributed by atoms with Gasteiger partial charge in [-0.1, -0.05) is 18.2 Å². The standard InChI is InChI=1S/C20H25N3O3.HI/c1-2-10-21-20(22-11-9-17-7-4-12-24-17)23-15-16-6-3-8-18-19(16)26-14-5-13-25-18;/h2-4,6-8,12H,1,5,9-11,13-15H2,(H2,21,22,23);1H. The van der Waals surface area contributed by atoms with Crippen molar-refractivity contribution < 1.29 is 13.9 Å². The van der Waals surface area contributed by atoms with E-state index in [1.54, 1.807) is 12.3 Å². The molecule has 1 aromatic heterocycles. The molecule has 2 aromatic rings. The molecule has 0 atom stereocenters. The van der Waals surface area contributed by atoms with Crippen molar-refractivity contribution in [2.45, 2.75) is 19.4 Å². The van der Waals surface area contributed by atoms with Gasteiger partial charge in [-0.25, -0.2) is 4.99 Å². The first-order chi connectivity index (χ1) is 12.9. The average molecular weight is 483 g/mol. The van der Waals surface area contributed by atoms with Crippen LogP contribution in [0.3, 0.4) is 0 Å². The lowest BCUT2D eigenvalue weighted by atomic mass is 10.2. The first-order valence-electron chi connectivity index (χ1n) is 8.90. The number of para-hydroxylation sites is 1. The fourth-order valence-corrected chi connectivity index (χ4v) is 2.64. The Morgan fingerprint density at radius 3 is 2.85 bits per heavy atom. The van der Waals surface area contributed by atoms with Gasteiger partial charge in [-0.15, -0.1) is 30.6 Å². The molecule has 0 unspecified atom stereocenters. The summed E-state index contributed by atoms with van der Waals surface area (Å²) in [6.07, 6.45) is 5.16. The molecule has 2 N–H and O–H groups in total. The molecule has 1 aliphatic heterocycles. The first-order valence-corrected chi connectivity index (χ1v) is 8.90. The number of aliphatic imine (C=N–C) groups is 1. The smallest absolute Gasteiger partial charge is 0.191 e. The molecule has 0 radical (unpaired) electrons. The third kappa shape index (κ3) is 6.50. The van der Waals surface area contributed by atoms with Gasteiger partial charge in [-0.2, -0.15) is 0 Å². The number of halogens is 1. The number of benzene rings is 1. The highest BCUT2D eigenvalue weighted by atomic mass is 127. The molecular weight excluding hydrogens is 457 g/mol. The van der Waals surface area contributed by atoms with Gasteiger partial charge in [0, 0.05) is 31.5 Å². The highest BCUT2D eigenvalue weighted by molar-refractivity contribution is 14.0. The third-order valence-corrected chi connectivity index (χ3v) is 3.92. The number of furan rings is 1. The highest BCUT2D eigenvalue weighted by Gasteiger charge is 2.14. The molecule has 146 valence electrons. The molecule has 0 aliphatic carbocycles. The monoisotopic (exact) mass is 483 g/mol. The largest absolute Gasteiger partial charge is 0.490 e. The number of rotatable bonds is 7. The Balaban J connectivity index is 0.00000261. The van der Waals surface area contributed by atoms with Gasteiger partial charge in [0.2, 0.25) is 0 Å². The SMILES string of the molecule is C=CCNC(=NCc1cccc2c1OCCCO2)NCCc1ccco1.I. The molecule has 6 nitrogen and oxygen atoms in total. The van der Waals surface area contributed by atoms with Gasteiger partial charge in [0.15, 0.2) is 17.5 Å². The highest BCUT2D eigenvalue weighted by Crippen LogP contribution is 2.33. The quantitative estimate of drug-likeness (QED) is 0.273. The van der Waals surface area contributed by atoms with Gasteiger partial charge < -0.3 is 24.5 Å². The van der Waals surface area contributed by atoms with Crippen LogP contribution in [0.1, 0.15) is 17.7 Å². The molecule has 7 heteroatoms. The van der Waals surface area contributed by atoms with Crippen molar-refractivity contribution in [1.29, 1.82) is 0 Å². The second-order valence-corrected chi connectivity index (χ2v) is 5.89. The van der Waals surface area contributed by atoms with Crippen LogP contribution in [0.15, 0.2) is 58.7 Å². The molecule has 27 heavy (non-hydrogen) atoms. The molecule has 0 saturated heterocycles. The summed E-state index contributed by atoms with van der Waals surface area (Å²) in [5.41, 5.74) is 1.01. The van der Waals surface area contributed by atoms with Gasteiger partial charge in [0.05, 0.1) is 26.0 Å². The minimum absolute atomic E-state index is 0. The van der Waals surface area contributed by atoms with Crippen LogP contribution in [0.5, 0.6) is 11.5 Å². The average Bonchev–Trinajstić information content (AvgIpc) is 3.06. The van der Waals surface area contributed by atoms with Crippen LogP contribution in [0, 0.1) is 0 Å². The predicted octanol–water partition coefficient (Wildman–Crippen LogP) is 3.52. The lowest BCUT2D eigenvalue weighted by Crippen LogP contribution is -2.38. The molecule has 0 saturated carbocycles. The fourth-order valence-electron chi connectivity index (χ4n) is 2.64. The van der Waals surface area contributed by atoms with Crippen LogP contribution >= 0.6 is 24.0 Å². The second-order valence-electron chi connectivity index (χ2n) is 5.89. The number of hydrogen-bond donors (Lipinski definition) is 2. The van der Waals surface area contributed by atoms with Gasteiger partial charge >= 0.3 is 0 Å². The molecule has 3 rings (SSSR count). The van der Waals surface area contributed by atoms with Crippen molar-refractivity contribution in [2.75, 3.05) is 26.3 Å². The maximum absolute atomic E-state index is 5.86. The summed E-state index contributed by atoms with van der Waals surface area (Å²) in [4.78, 5) is 4.67. The zero-order valence-corrected chi connectivity index (χ0v) is 17.6. The molecular formula is C20H26IN3O3. The zero-order valence-electron chi connectivity index (χ0n) is 15.3. The van der Waals surface area contributed by atoms with Gasteiger partial charge in [-0.3, -0.25) is 0 Å². The van der Waals surface area contributed by atoms with E-state index >= 15 is 0 Å². The van der Waals surface area contributed by atoms with Gasteiger partial charge in [0.25, 0.3) is 0 Å². The van der Waals surface area contributed by atoms with Crippen LogP contribution in [-0.2, 0) is 13.0 Å². The van der Waals surface area contributed by atoms with E-state index in [9.17, 15) is 0 Å². The van der Waals surface area contributed by atoms with Crippen LogP contribution in [0.25, 0.3) is 0 Å². The normalized spacial score (nSPS) is 13.3. The van der Waals surface area contributed by atoms with E-state index in [2.05, 4.69) is 22.2 Å². The summed E-state index contributed by atoms with van der Waals surface area (Å²) < 4.78 is 17.0. The van der Waals surface area contributed by atoms with Crippen molar-refractivity contribution in [3.8, 4) is 11.5 Å². The van der Waals surface area contributed by atoms with Gasteiger partial charge in [-0.05, 0) is 18.2 Å². The van der Waals surface area contributed by atoms with Crippen molar-refractivity contribution in [2.24, 2.45) is 4.99 Å². The molecule has 1 aromatic carbocycles. The number of hydrogen-bond acceptors (Lipinski definition) is 4. The van der Waals surface area contributed by atoms with E-state index < -0.39 is 0 Å². The minimum atomic E-state index is 0. The van der Waals surface area contributed by atoms with Crippen LogP contribution < -0.4 is 20.1 Å². The third-order valence-electron chi connectivity index (χ3n) is 3.92. The summed E-state index contributed by atoms with van der Waals surface area (Å²) in [5.74, 6) is 3.26. The topological polar surface area (TPSA) is 68.0 Å². The lowest BCUT2D eigenvalue weighted by molar-refractivity contribution is 0.296. The van der Waals surface area contributed by atoms with Crippen molar-refractivity contribution >= 4 is 29.9 Å². The Morgan fingerprint density at radius 2 is 2.04 bits per heavy atom. The summed E-state index contributed by atoms with van der Waals surface area (Å²) in [5, 5.41) is 6.54. The van der Waals surface area contributed by atoms with E-state index in [0.717, 1.165) is 48.2 Å². The second kappa shape index (κ2) is 11.5. The Hall–Kier alpha value is -2.16. The molecule has 0 spiro atoms. The first kappa shape index (κ1) is 21.1. The number of nitrogens with one attached hydrogen (secondary N) is 2. The van der Waals surface area contributed by atoms with E-state index in [4.69, 9.17) is 13.9 Å². The van der Waals surface area contributed by atoms with Crippen LogP contribution in [0.2, 0.25) is 0 Å². The fraction of sp³-hybridized carbons (Fsp3) is 0.350. The molecule has 1 aliphatic rings. The minimum Gasteiger partial charge on any atom is -0.490 e. The molecule has 0 fully saturated rings. The summed E-state index contributed by atoms with van der Waals surface area (Å²) in [6, 6.07) is 9.78. The summed E-state index contributed by atoms with van der Waals surface area (Å²) >= 11 is 0.